The molecule has 0 aliphatic carbocycles. The van der Waals surface area contributed by atoms with Crippen molar-refractivity contribution in [3.8, 4) is 16.9 Å². The standard InChI is InChI=1S/C17H21NO/c1-12-5-8-17(19-4)16(9-12)15-7-6-14(11-18-3)10-13(15)2/h5-10,18H,11H2,1-4H3. The molecule has 0 bridgehead atoms. The number of aryl methyl sites for hydroxylation is 2. The number of hydrogen-bond acceptors (Lipinski definition) is 2. The van der Waals surface area contributed by atoms with E-state index in [1.165, 1.54) is 22.3 Å². The minimum absolute atomic E-state index is 0.895. The number of rotatable bonds is 4. The molecule has 0 heterocycles. The number of benzene rings is 2. The normalized spacial score (nSPS) is 10.5. The van der Waals surface area contributed by atoms with Crippen molar-refractivity contribution in [2.24, 2.45) is 0 Å². The van der Waals surface area contributed by atoms with E-state index in [0.29, 0.717) is 0 Å². The average molecular weight is 255 g/mol. The Labute approximate surface area is 115 Å². The Morgan fingerprint density at radius 1 is 1.00 bits per heavy atom. The molecule has 0 saturated heterocycles. The van der Waals surface area contributed by atoms with Crippen LogP contribution in [0.2, 0.25) is 0 Å². The smallest absolute Gasteiger partial charge is 0.126 e. The van der Waals surface area contributed by atoms with Crippen LogP contribution in [0.1, 0.15) is 16.7 Å². The second kappa shape index (κ2) is 5.89. The Bertz CT molecular complexity index is 575. The van der Waals surface area contributed by atoms with Gasteiger partial charge in [0.15, 0.2) is 0 Å². The molecule has 0 unspecified atom stereocenters. The average Bonchev–Trinajstić information content (AvgIpc) is 2.39. The lowest BCUT2D eigenvalue weighted by Crippen LogP contribution is -2.05. The van der Waals surface area contributed by atoms with Gasteiger partial charge in [-0.3, -0.25) is 0 Å². The SMILES string of the molecule is CNCc1ccc(-c2cc(C)ccc2OC)c(C)c1. The highest BCUT2D eigenvalue weighted by Crippen LogP contribution is 2.33. The first-order valence-electron chi connectivity index (χ1n) is 6.55. The van der Waals surface area contributed by atoms with Crippen molar-refractivity contribution in [1.29, 1.82) is 0 Å². The van der Waals surface area contributed by atoms with E-state index in [4.69, 9.17) is 4.74 Å². The third-order valence-corrected chi connectivity index (χ3v) is 3.32. The van der Waals surface area contributed by atoms with Gasteiger partial charge in [0.25, 0.3) is 0 Å². The maximum atomic E-state index is 5.48. The summed E-state index contributed by atoms with van der Waals surface area (Å²) in [6, 6.07) is 12.9. The van der Waals surface area contributed by atoms with Crippen molar-refractivity contribution in [2.75, 3.05) is 14.2 Å². The largest absolute Gasteiger partial charge is 0.496 e. The van der Waals surface area contributed by atoms with Gasteiger partial charge in [0, 0.05) is 12.1 Å². The van der Waals surface area contributed by atoms with Crippen LogP contribution in [-0.2, 0) is 6.54 Å². The maximum Gasteiger partial charge on any atom is 0.126 e. The van der Waals surface area contributed by atoms with Crippen LogP contribution >= 0.6 is 0 Å². The van der Waals surface area contributed by atoms with Crippen LogP contribution in [0.15, 0.2) is 36.4 Å². The summed E-state index contributed by atoms with van der Waals surface area (Å²) < 4.78 is 5.48. The van der Waals surface area contributed by atoms with Crippen LogP contribution in [0.25, 0.3) is 11.1 Å². The van der Waals surface area contributed by atoms with Crippen molar-refractivity contribution >= 4 is 0 Å². The van der Waals surface area contributed by atoms with Gasteiger partial charge in [0.2, 0.25) is 0 Å². The summed E-state index contributed by atoms with van der Waals surface area (Å²) in [5, 5.41) is 3.18. The van der Waals surface area contributed by atoms with Gasteiger partial charge in [0.1, 0.15) is 5.75 Å². The Kier molecular flexibility index (Phi) is 4.23. The molecular weight excluding hydrogens is 234 g/mol. The van der Waals surface area contributed by atoms with Gasteiger partial charge >= 0.3 is 0 Å². The Balaban J connectivity index is 2.49. The zero-order valence-corrected chi connectivity index (χ0v) is 12.1. The highest BCUT2D eigenvalue weighted by Gasteiger charge is 2.09. The van der Waals surface area contributed by atoms with E-state index in [0.717, 1.165) is 17.9 Å². The second-order valence-electron chi connectivity index (χ2n) is 4.88. The summed E-state index contributed by atoms with van der Waals surface area (Å²) >= 11 is 0. The number of methoxy groups -OCH3 is 1. The monoisotopic (exact) mass is 255 g/mol. The van der Waals surface area contributed by atoms with Crippen LogP contribution < -0.4 is 10.1 Å². The molecule has 2 heteroatoms. The van der Waals surface area contributed by atoms with Crippen LogP contribution in [0, 0.1) is 13.8 Å². The Hall–Kier alpha value is -1.80. The molecule has 0 atom stereocenters. The van der Waals surface area contributed by atoms with E-state index in [1.807, 2.05) is 13.1 Å². The van der Waals surface area contributed by atoms with Crippen LogP contribution in [0.3, 0.4) is 0 Å². The molecule has 0 radical (unpaired) electrons. The fourth-order valence-corrected chi connectivity index (χ4v) is 2.37. The van der Waals surface area contributed by atoms with E-state index in [9.17, 15) is 0 Å². The summed E-state index contributed by atoms with van der Waals surface area (Å²) in [7, 11) is 3.69. The lowest BCUT2D eigenvalue weighted by molar-refractivity contribution is 0.416. The predicted molar refractivity (Wildman–Crippen MR) is 80.7 cm³/mol. The zero-order chi connectivity index (χ0) is 13.8. The topological polar surface area (TPSA) is 21.3 Å². The lowest BCUT2D eigenvalue weighted by atomic mass is 9.96. The number of ether oxygens (including phenoxy) is 1. The van der Waals surface area contributed by atoms with Gasteiger partial charge in [-0.05, 0) is 49.7 Å². The first-order chi connectivity index (χ1) is 9.15. The van der Waals surface area contributed by atoms with E-state index < -0.39 is 0 Å². The van der Waals surface area contributed by atoms with Crippen molar-refractivity contribution in [2.45, 2.75) is 20.4 Å². The number of hydrogen-bond donors (Lipinski definition) is 1. The third-order valence-electron chi connectivity index (χ3n) is 3.32. The third kappa shape index (κ3) is 2.96. The molecule has 0 aromatic heterocycles. The Morgan fingerprint density at radius 2 is 1.79 bits per heavy atom. The quantitative estimate of drug-likeness (QED) is 0.899. The second-order valence-corrected chi connectivity index (χ2v) is 4.88. The fourth-order valence-electron chi connectivity index (χ4n) is 2.37. The summed E-state index contributed by atoms with van der Waals surface area (Å²) in [6.07, 6.45) is 0. The Morgan fingerprint density at radius 3 is 2.42 bits per heavy atom. The van der Waals surface area contributed by atoms with Crippen molar-refractivity contribution < 1.29 is 4.74 Å². The first kappa shape index (κ1) is 13.6. The van der Waals surface area contributed by atoms with Gasteiger partial charge in [-0.15, -0.1) is 0 Å². The van der Waals surface area contributed by atoms with Gasteiger partial charge in [-0.25, -0.2) is 0 Å². The predicted octanol–water partition coefficient (Wildman–Crippen LogP) is 3.70. The van der Waals surface area contributed by atoms with E-state index in [1.54, 1.807) is 7.11 Å². The number of nitrogens with one attached hydrogen (secondary N) is 1. The highest BCUT2D eigenvalue weighted by molar-refractivity contribution is 5.74. The maximum absolute atomic E-state index is 5.48. The minimum atomic E-state index is 0.895. The van der Waals surface area contributed by atoms with E-state index >= 15 is 0 Å². The molecule has 19 heavy (non-hydrogen) atoms. The first-order valence-corrected chi connectivity index (χ1v) is 6.55. The molecule has 0 amide bonds. The van der Waals surface area contributed by atoms with Crippen LogP contribution in [0.5, 0.6) is 5.75 Å². The molecule has 0 fully saturated rings. The minimum Gasteiger partial charge on any atom is -0.496 e. The van der Waals surface area contributed by atoms with Gasteiger partial charge in [-0.2, -0.15) is 0 Å². The molecule has 1 N–H and O–H groups in total. The van der Waals surface area contributed by atoms with E-state index in [-0.39, 0.29) is 0 Å². The molecule has 0 saturated carbocycles. The lowest BCUT2D eigenvalue weighted by Gasteiger charge is -2.13. The molecule has 2 rings (SSSR count). The van der Waals surface area contributed by atoms with Gasteiger partial charge in [-0.1, -0.05) is 29.8 Å². The van der Waals surface area contributed by atoms with Crippen LogP contribution in [0.4, 0.5) is 0 Å². The molecule has 100 valence electrons. The zero-order valence-electron chi connectivity index (χ0n) is 12.1. The molecule has 2 aromatic carbocycles. The molecule has 2 nitrogen and oxygen atoms in total. The van der Waals surface area contributed by atoms with Crippen molar-refractivity contribution in [3.63, 3.8) is 0 Å². The molecule has 2 aromatic rings. The molecule has 0 aliphatic rings. The molecular formula is C17H21NO. The summed E-state index contributed by atoms with van der Waals surface area (Å²) in [4.78, 5) is 0. The fraction of sp³-hybridized carbons (Fsp3) is 0.294. The van der Waals surface area contributed by atoms with Gasteiger partial charge < -0.3 is 10.1 Å². The summed E-state index contributed by atoms with van der Waals surface area (Å²) in [5.74, 6) is 0.926. The van der Waals surface area contributed by atoms with Gasteiger partial charge in [0.05, 0.1) is 7.11 Å². The van der Waals surface area contributed by atoms with E-state index in [2.05, 4.69) is 49.5 Å². The van der Waals surface area contributed by atoms with Crippen LogP contribution in [-0.4, -0.2) is 14.2 Å². The highest BCUT2D eigenvalue weighted by atomic mass is 16.5. The summed E-state index contributed by atoms with van der Waals surface area (Å²) in [5.41, 5.74) is 6.22. The molecule has 0 spiro atoms. The summed E-state index contributed by atoms with van der Waals surface area (Å²) in [6.45, 7) is 5.15. The van der Waals surface area contributed by atoms with Crippen molar-refractivity contribution in [3.05, 3.63) is 53.1 Å². The molecule has 0 aliphatic heterocycles. The van der Waals surface area contributed by atoms with Crippen molar-refractivity contribution in [1.82, 2.24) is 5.32 Å².